The van der Waals surface area contributed by atoms with Crippen LogP contribution in [0.4, 0.5) is 0 Å². The molecule has 0 atom stereocenters. The predicted octanol–water partition coefficient (Wildman–Crippen LogP) is 3.04. The predicted molar refractivity (Wildman–Crippen MR) is 110 cm³/mol. The van der Waals surface area contributed by atoms with Crippen LogP contribution in [0.5, 0.6) is 11.5 Å². The van der Waals surface area contributed by atoms with Crippen molar-refractivity contribution in [2.24, 2.45) is 5.10 Å². The van der Waals surface area contributed by atoms with Gasteiger partial charge in [-0.3, -0.25) is 9.59 Å². The summed E-state index contributed by atoms with van der Waals surface area (Å²) in [7, 11) is 1.60. The van der Waals surface area contributed by atoms with Crippen molar-refractivity contribution in [3.8, 4) is 11.5 Å². The number of nitrogens with one attached hydrogen (secondary N) is 2. The second-order valence-corrected chi connectivity index (χ2v) is 6.84. The van der Waals surface area contributed by atoms with Crippen LogP contribution < -0.4 is 20.2 Å². The number of carbonyl (C=O) groups is 2. The van der Waals surface area contributed by atoms with Gasteiger partial charge in [0.15, 0.2) is 6.61 Å². The molecule has 0 aliphatic rings. The van der Waals surface area contributed by atoms with E-state index >= 15 is 0 Å². The van der Waals surface area contributed by atoms with E-state index in [-0.39, 0.29) is 18.9 Å². The van der Waals surface area contributed by atoms with Gasteiger partial charge in [-0.2, -0.15) is 5.10 Å². The topological polar surface area (TPSA) is 89.0 Å². The van der Waals surface area contributed by atoms with E-state index in [1.165, 1.54) is 0 Å². The molecule has 7 nitrogen and oxygen atoms in total. The van der Waals surface area contributed by atoms with E-state index < -0.39 is 5.91 Å². The lowest BCUT2D eigenvalue weighted by molar-refractivity contribution is -0.123. The minimum absolute atomic E-state index is 0.0873. The number of methoxy groups -OCH3 is 1. The highest BCUT2D eigenvalue weighted by atomic mass is 79.9. The van der Waals surface area contributed by atoms with Crippen molar-refractivity contribution in [3.05, 3.63) is 58.6 Å². The van der Waals surface area contributed by atoms with Gasteiger partial charge in [-0.15, -0.1) is 0 Å². The van der Waals surface area contributed by atoms with Crippen LogP contribution in [0, 0.1) is 0 Å². The third-order valence-corrected chi connectivity index (χ3v) is 4.15. The van der Waals surface area contributed by atoms with E-state index in [9.17, 15) is 9.59 Å². The number of nitrogens with zero attached hydrogens (tertiary/aromatic N) is 1. The minimum atomic E-state index is -0.402. The number of hydrogen-bond donors (Lipinski definition) is 2. The van der Waals surface area contributed by atoms with Crippen LogP contribution in [0.1, 0.15) is 18.9 Å². The van der Waals surface area contributed by atoms with Crippen molar-refractivity contribution in [1.82, 2.24) is 10.7 Å². The summed E-state index contributed by atoms with van der Waals surface area (Å²) < 4.78 is 11.4. The lowest BCUT2D eigenvalue weighted by Crippen LogP contribution is -2.28. The summed E-state index contributed by atoms with van der Waals surface area (Å²) in [6.07, 6.45) is 0.0873. The van der Waals surface area contributed by atoms with Crippen LogP contribution in [0.3, 0.4) is 0 Å². The van der Waals surface area contributed by atoms with Gasteiger partial charge in [-0.05, 0) is 48.9 Å². The molecule has 0 bridgehead atoms. The van der Waals surface area contributed by atoms with E-state index in [4.69, 9.17) is 9.47 Å². The van der Waals surface area contributed by atoms with Gasteiger partial charge in [0.1, 0.15) is 11.5 Å². The molecule has 0 aliphatic heterocycles. The number of hydrazone groups is 1. The Hall–Kier alpha value is -2.87. The Bertz CT molecular complexity index is 820. The maximum Gasteiger partial charge on any atom is 0.277 e. The number of amides is 2. The Morgan fingerprint density at radius 1 is 1.00 bits per heavy atom. The van der Waals surface area contributed by atoms with E-state index in [1.54, 1.807) is 26.2 Å². The monoisotopic (exact) mass is 447 g/mol. The first-order valence-electron chi connectivity index (χ1n) is 8.56. The molecule has 0 unspecified atom stereocenters. The molecule has 2 aromatic rings. The van der Waals surface area contributed by atoms with Crippen molar-refractivity contribution in [1.29, 1.82) is 0 Å². The Balaban J connectivity index is 1.69. The first-order valence-corrected chi connectivity index (χ1v) is 9.35. The van der Waals surface area contributed by atoms with Crippen molar-refractivity contribution >= 4 is 33.5 Å². The highest BCUT2D eigenvalue weighted by Gasteiger charge is 2.06. The molecule has 2 amide bonds. The highest BCUT2D eigenvalue weighted by Crippen LogP contribution is 2.15. The zero-order valence-corrected chi connectivity index (χ0v) is 17.3. The van der Waals surface area contributed by atoms with Crippen molar-refractivity contribution in [2.75, 3.05) is 13.7 Å². The van der Waals surface area contributed by atoms with E-state index in [1.807, 2.05) is 36.4 Å². The minimum Gasteiger partial charge on any atom is -0.497 e. The number of halogens is 1. The summed E-state index contributed by atoms with van der Waals surface area (Å²) in [5.41, 5.74) is 3.83. The van der Waals surface area contributed by atoms with Crippen molar-refractivity contribution in [3.63, 3.8) is 0 Å². The molecule has 0 aromatic heterocycles. The Morgan fingerprint density at radius 3 is 2.29 bits per heavy atom. The Kier molecular flexibility index (Phi) is 8.48. The molecule has 148 valence electrons. The normalized spacial score (nSPS) is 10.9. The summed E-state index contributed by atoms with van der Waals surface area (Å²) in [4.78, 5) is 23.7. The summed E-state index contributed by atoms with van der Waals surface area (Å²) in [6, 6.07) is 14.6. The van der Waals surface area contributed by atoms with Crippen LogP contribution in [0.15, 0.2) is 58.1 Å². The number of rotatable bonds is 9. The van der Waals surface area contributed by atoms with Crippen LogP contribution in [0.25, 0.3) is 0 Å². The summed E-state index contributed by atoms with van der Waals surface area (Å²) in [6.45, 7) is 1.91. The molecule has 0 saturated heterocycles. The molecule has 2 N–H and O–H groups in total. The number of benzene rings is 2. The quantitative estimate of drug-likeness (QED) is 0.456. The molecular weight excluding hydrogens is 426 g/mol. The molecule has 0 heterocycles. The van der Waals surface area contributed by atoms with Crippen LogP contribution >= 0.6 is 15.9 Å². The zero-order chi connectivity index (χ0) is 20.4. The second kappa shape index (κ2) is 11.1. The van der Waals surface area contributed by atoms with E-state index in [0.717, 1.165) is 15.8 Å². The third kappa shape index (κ3) is 7.79. The number of ether oxygens (including phenoxy) is 2. The van der Waals surface area contributed by atoms with Gasteiger partial charge in [0.25, 0.3) is 5.91 Å². The average molecular weight is 448 g/mol. The molecule has 2 rings (SSSR count). The van der Waals surface area contributed by atoms with Crippen molar-refractivity contribution in [2.45, 2.75) is 19.9 Å². The standard InChI is InChI=1S/C20H22BrN3O4/c1-14(11-19(25)22-12-15-3-7-17(27-2)8-4-15)23-24-20(26)13-28-18-9-5-16(21)6-10-18/h3-10H,11-13H2,1-2H3,(H,22,25)(H,24,26)/b23-14-. The number of carbonyl (C=O) groups excluding carboxylic acids is 2. The smallest absolute Gasteiger partial charge is 0.277 e. The van der Waals surface area contributed by atoms with Crippen LogP contribution in [0.2, 0.25) is 0 Å². The molecule has 28 heavy (non-hydrogen) atoms. The van der Waals surface area contributed by atoms with Crippen LogP contribution in [-0.2, 0) is 16.1 Å². The lowest BCUT2D eigenvalue weighted by atomic mass is 10.2. The van der Waals surface area contributed by atoms with Gasteiger partial charge in [-0.25, -0.2) is 5.43 Å². The maximum atomic E-state index is 12.0. The summed E-state index contributed by atoms with van der Waals surface area (Å²) in [5, 5.41) is 6.72. The first kappa shape index (κ1) is 21.4. The second-order valence-electron chi connectivity index (χ2n) is 5.93. The molecule has 2 aromatic carbocycles. The summed E-state index contributed by atoms with van der Waals surface area (Å²) >= 11 is 3.33. The fourth-order valence-electron chi connectivity index (χ4n) is 2.15. The molecule has 0 radical (unpaired) electrons. The first-order chi connectivity index (χ1) is 13.5. The van der Waals surface area contributed by atoms with Crippen LogP contribution in [-0.4, -0.2) is 31.2 Å². The highest BCUT2D eigenvalue weighted by molar-refractivity contribution is 9.10. The molecular formula is C20H22BrN3O4. The SMILES string of the molecule is COc1ccc(CNC(=O)C/C(C)=N\NC(=O)COc2ccc(Br)cc2)cc1. The van der Waals surface area contributed by atoms with E-state index in [2.05, 4.69) is 31.8 Å². The maximum absolute atomic E-state index is 12.0. The molecule has 0 spiro atoms. The molecule has 0 saturated carbocycles. The molecule has 0 aliphatic carbocycles. The van der Waals surface area contributed by atoms with E-state index in [0.29, 0.717) is 18.0 Å². The lowest BCUT2D eigenvalue weighted by Gasteiger charge is -2.07. The Labute approximate surface area is 172 Å². The van der Waals surface area contributed by atoms with Gasteiger partial charge in [0.05, 0.1) is 13.5 Å². The molecule has 0 fully saturated rings. The zero-order valence-electron chi connectivity index (χ0n) is 15.7. The fourth-order valence-corrected chi connectivity index (χ4v) is 2.41. The van der Waals surface area contributed by atoms with Crippen molar-refractivity contribution < 1.29 is 19.1 Å². The van der Waals surface area contributed by atoms with Gasteiger partial charge in [0, 0.05) is 16.7 Å². The average Bonchev–Trinajstić information content (AvgIpc) is 2.70. The molecule has 8 heteroatoms. The Morgan fingerprint density at radius 2 is 1.64 bits per heavy atom. The van der Waals surface area contributed by atoms with Gasteiger partial charge < -0.3 is 14.8 Å². The van der Waals surface area contributed by atoms with Gasteiger partial charge >= 0.3 is 0 Å². The summed E-state index contributed by atoms with van der Waals surface area (Å²) in [5.74, 6) is 0.758. The van der Waals surface area contributed by atoms with Gasteiger partial charge in [0.2, 0.25) is 5.91 Å². The fraction of sp³-hybridized carbons (Fsp3) is 0.250. The van der Waals surface area contributed by atoms with Gasteiger partial charge in [-0.1, -0.05) is 28.1 Å². The largest absolute Gasteiger partial charge is 0.497 e. The third-order valence-electron chi connectivity index (χ3n) is 3.62. The number of hydrogen-bond acceptors (Lipinski definition) is 5.